The highest BCUT2D eigenvalue weighted by molar-refractivity contribution is 7.22. The zero-order chi connectivity index (χ0) is 29.8. The van der Waals surface area contributed by atoms with Gasteiger partial charge in [0.1, 0.15) is 10.8 Å². The van der Waals surface area contributed by atoms with E-state index in [4.69, 9.17) is 21.3 Å². The minimum Gasteiger partial charge on any atom is -0.479 e. The Morgan fingerprint density at radius 1 is 1.14 bits per heavy atom. The van der Waals surface area contributed by atoms with Gasteiger partial charge in [-0.25, -0.2) is 19.6 Å². The minimum absolute atomic E-state index is 0.0116. The van der Waals surface area contributed by atoms with E-state index in [0.29, 0.717) is 22.9 Å². The number of ether oxygens (including phenoxy) is 1. The van der Waals surface area contributed by atoms with Crippen LogP contribution in [0.25, 0.3) is 31.9 Å². The molecular weight excluding hydrogens is 572 g/mol. The molecule has 2 aliphatic heterocycles. The monoisotopic (exact) mass is 604 g/mol. The number of aliphatic carboxylic acids is 1. The van der Waals surface area contributed by atoms with Crippen molar-refractivity contribution >= 4 is 51.0 Å². The Bertz CT molecular complexity index is 1680. The largest absolute Gasteiger partial charge is 0.479 e. The summed E-state index contributed by atoms with van der Waals surface area (Å²) in [5.74, 6) is -0.442. The first-order chi connectivity index (χ1) is 20.0. The van der Waals surface area contributed by atoms with E-state index < -0.39 is 17.7 Å². The normalized spacial score (nSPS) is 18.0. The third-order valence-corrected chi connectivity index (χ3v) is 9.17. The number of thiazole rings is 1. The summed E-state index contributed by atoms with van der Waals surface area (Å²) in [6, 6.07) is 13.4. The van der Waals surface area contributed by atoms with E-state index in [0.717, 1.165) is 63.3 Å². The second-order valence-electron chi connectivity index (χ2n) is 11.9. The summed E-state index contributed by atoms with van der Waals surface area (Å²) in [4.78, 5) is 39.1. The number of carboxylic acids is 1. The van der Waals surface area contributed by atoms with E-state index in [9.17, 15) is 14.7 Å². The highest BCUT2D eigenvalue weighted by Crippen LogP contribution is 2.44. The fourth-order valence-corrected chi connectivity index (χ4v) is 7.19. The van der Waals surface area contributed by atoms with Gasteiger partial charge in [-0.2, -0.15) is 0 Å². The van der Waals surface area contributed by atoms with Gasteiger partial charge in [0.2, 0.25) is 0 Å². The average molecular weight is 605 g/mol. The van der Waals surface area contributed by atoms with Crippen LogP contribution in [-0.4, -0.2) is 56.7 Å². The Morgan fingerprint density at radius 2 is 1.90 bits per heavy atom. The number of hydrogen-bond donors (Lipinski definition) is 1. The Balaban J connectivity index is 1.48. The van der Waals surface area contributed by atoms with Gasteiger partial charge < -0.3 is 14.7 Å². The number of piperidine rings is 1. The number of carbonyl (C=O) groups excluding carboxylic acids is 1. The van der Waals surface area contributed by atoms with Crippen molar-refractivity contribution < 1.29 is 19.4 Å². The molecule has 8 nitrogen and oxygen atoms in total. The topological polar surface area (TPSA) is 95.9 Å². The molecule has 0 bridgehead atoms. The summed E-state index contributed by atoms with van der Waals surface area (Å²) in [6.45, 7) is 8.88. The van der Waals surface area contributed by atoms with Crippen LogP contribution in [0.15, 0.2) is 48.7 Å². The molecular formula is C32H33ClN4O4S. The van der Waals surface area contributed by atoms with Gasteiger partial charge in [-0.1, -0.05) is 23.7 Å². The molecule has 4 heterocycles. The number of hydrogen-bond acceptors (Lipinski definition) is 6. The van der Waals surface area contributed by atoms with Crippen molar-refractivity contribution in [1.29, 1.82) is 0 Å². The highest BCUT2D eigenvalue weighted by Gasteiger charge is 2.39. The number of fused-ring (bicyclic) bond motifs is 2. The number of nitrogens with zero attached hydrogens (tertiary/aromatic N) is 4. The molecule has 0 spiro atoms. The van der Waals surface area contributed by atoms with E-state index in [1.54, 1.807) is 23.2 Å². The second-order valence-corrected chi connectivity index (χ2v) is 13.4. The molecule has 0 saturated carbocycles. The fraction of sp³-hybridized carbons (Fsp3) is 0.375. The number of carboxylic acid groups (broad SMARTS) is 1. The lowest BCUT2D eigenvalue weighted by Gasteiger charge is -2.28. The van der Waals surface area contributed by atoms with E-state index in [2.05, 4.69) is 4.98 Å². The van der Waals surface area contributed by atoms with Crippen LogP contribution in [0.1, 0.15) is 57.3 Å². The summed E-state index contributed by atoms with van der Waals surface area (Å²) >= 11 is 7.71. The number of anilines is 1. The van der Waals surface area contributed by atoms with Gasteiger partial charge in [0.05, 0.1) is 21.9 Å². The summed E-state index contributed by atoms with van der Waals surface area (Å²) in [5, 5.41) is 11.7. The highest BCUT2D eigenvalue weighted by atomic mass is 35.5. The maximum absolute atomic E-state index is 13.2. The van der Waals surface area contributed by atoms with Crippen LogP contribution in [0.2, 0.25) is 5.02 Å². The summed E-state index contributed by atoms with van der Waals surface area (Å²) in [5.41, 5.74) is 3.89. The number of pyridine rings is 1. The Kier molecular flexibility index (Phi) is 7.45. The summed E-state index contributed by atoms with van der Waals surface area (Å²) in [7, 11) is 0. The quantitative estimate of drug-likeness (QED) is 0.242. The third-order valence-electron chi connectivity index (χ3n) is 7.78. The van der Waals surface area contributed by atoms with Gasteiger partial charge in [-0.15, -0.1) is 11.3 Å². The SMILES string of the molecule is Cc1cc2nc(-c3ccnc(N4CC5CCCCN5C4=O)c3)sc2c(-c2ccc(Cl)cc2)c1[C@H](OC(C)(C)C)C(=O)O. The molecule has 10 heteroatoms. The molecule has 2 aliphatic rings. The van der Waals surface area contributed by atoms with Crippen LogP contribution >= 0.6 is 22.9 Å². The van der Waals surface area contributed by atoms with Gasteiger partial charge in [-0.3, -0.25) is 4.90 Å². The summed E-state index contributed by atoms with van der Waals surface area (Å²) < 4.78 is 6.98. The fourth-order valence-electron chi connectivity index (χ4n) is 5.94. The van der Waals surface area contributed by atoms with Crippen LogP contribution in [0, 0.1) is 6.92 Å². The molecule has 2 saturated heterocycles. The van der Waals surface area contributed by atoms with Crippen LogP contribution in [-0.2, 0) is 9.53 Å². The van der Waals surface area contributed by atoms with E-state index >= 15 is 0 Å². The van der Waals surface area contributed by atoms with Crippen LogP contribution in [0.5, 0.6) is 0 Å². The lowest BCUT2D eigenvalue weighted by molar-refractivity contribution is -0.160. The van der Waals surface area contributed by atoms with Crippen LogP contribution in [0.3, 0.4) is 0 Å². The number of amides is 2. The van der Waals surface area contributed by atoms with Gasteiger partial charge >= 0.3 is 12.0 Å². The molecule has 2 aromatic heterocycles. The van der Waals surface area contributed by atoms with E-state index in [1.807, 2.05) is 62.9 Å². The number of rotatable bonds is 6. The first-order valence-corrected chi connectivity index (χ1v) is 15.3. The molecule has 1 N–H and O–H groups in total. The standard InChI is InChI=1S/C32H33ClN4O4S/c1-18-15-23-28(26(19-8-10-21(33)11-9-19)25(18)27(30(38)39)41-32(2,3)4)42-29(35-23)20-12-13-34-24(16-20)37-17-22-7-5-6-14-36(22)31(37)40/h8-13,15-16,22,27H,5-7,14,17H2,1-4H3,(H,38,39)/t22?,27-/m0/s1. The lowest BCUT2D eigenvalue weighted by Crippen LogP contribution is -2.38. The zero-order valence-electron chi connectivity index (χ0n) is 24.1. The molecule has 6 rings (SSSR count). The van der Waals surface area contributed by atoms with Gasteiger partial charge in [0.15, 0.2) is 6.10 Å². The maximum Gasteiger partial charge on any atom is 0.337 e. The van der Waals surface area contributed by atoms with Crippen molar-refractivity contribution in [2.45, 2.75) is 64.7 Å². The van der Waals surface area contributed by atoms with Gasteiger partial charge in [0, 0.05) is 41.0 Å². The first-order valence-electron chi connectivity index (χ1n) is 14.2. The maximum atomic E-state index is 13.2. The smallest absolute Gasteiger partial charge is 0.337 e. The number of benzene rings is 2. The molecule has 0 aliphatic carbocycles. The first kappa shape index (κ1) is 28.6. The molecule has 2 atom stereocenters. The van der Waals surface area contributed by atoms with Crippen molar-refractivity contribution in [1.82, 2.24) is 14.9 Å². The summed E-state index contributed by atoms with van der Waals surface area (Å²) in [6.07, 6.45) is 3.73. The predicted octanol–water partition coefficient (Wildman–Crippen LogP) is 7.72. The Labute approximate surface area is 253 Å². The van der Waals surface area contributed by atoms with Crippen molar-refractivity contribution in [2.24, 2.45) is 0 Å². The van der Waals surface area contributed by atoms with Crippen molar-refractivity contribution in [3.8, 4) is 21.7 Å². The Hall–Kier alpha value is -3.53. The molecule has 1 unspecified atom stereocenters. The third kappa shape index (κ3) is 5.37. The zero-order valence-corrected chi connectivity index (χ0v) is 25.6. The number of urea groups is 1. The molecule has 4 aromatic rings. The van der Waals surface area contributed by atoms with Crippen molar-refractivity contribution in [3.05, 3.63) is 64.8 Å². The van der Waals surface area contributed by atoms with Crippen LogP contribution in [0.4, 0.5) is 10.6 Å². The average Bonchev–Trinajstić information content (AvgIpc) is 3.52. The van der Waals surface area contributed by atoms with E-state index in [-0.39, 0.29) is 12.1 Å². The number of halogens is 1. The molecule has 42 heavy (non-hydrogen) atoms. The molecule has 218 valence electrons. The Morgan fingerprint density at radius 3 is 2.60 bits per heavy atom. The number of aryl methyl sites for hydroxylation is 1. The number of carbonyl (C=O) groups is 2. The van der Waals surface area contributed by atoms with Gasteiger partial charge in [-0.05, 0) is 88.4 Å². The second kappa shape index (κ2) is 10.9. The molecule has 0 radical (unpaired) electrons. The van der Waals surface area contributed by atoms with Gasteiger partial charge in [0.25, 0.3) is 0 Å². The predicted molar refractivity (Wildman–Crippen MR) is 166 cm³/mol. The van der Waals surface area contributed by atoms with E-state index in [1.165, 1.54) is 11.3 Å². The minimum atomic E-state index is -1.18. The lowest BCUT2D eigenvalue weighted by atomic mass is 9.91. The molecule has 2 amide bonds. The number of aromatic nitrogens is 2. The molecule has 2 aromatic carbocycles. The molecule has 2 fully saturated rings. The van der Waals surface area contributed by atoms with Crippen molar-refractivity contribution in [3.63, 3.8) is 0 Å². The van der Waals surface area contributed by atoms with Crippen LogP contribution < -0.4 is 4.90 Å². The van der Waals surface area contributed by atoms with Crippen molar-refractivity contribution in [2.75, 3.05) is 18.0 Å².